The number of thiocarbonyl (C=S) groups is 1. The summed E-state index contributed by atoms with van der Waals surface area (Å²) in [6.45, 7) is 6.92. The zero-order valence-electron chi connectivity index (χ0n) is 25.0. The molecule has 1 amide bonds. The first-order valence-electron chi connectivity index (χ1n) is 14.3. The summed E-state index contributed by atoms with van der Waals surface area (Å²) >= 11 is 5.75. The third-order valence-corrected chi connectivity index (χ3v) is 7.84. The van der Waals surface area contributed by atoms with Crippen LogP contribution in [0.5, 0.6) is 5.88 Å². The molecule has 0 unspecified atom stereocenters. The molecule has 2 heterocycles. The number of aromatic nitrogens is 2. The molecule has 2 aliphatic rings. The van der Waals surface area contributed by atoms with Gasteiger partial charge in [0, 0.05) is 12.1 Å². The van der Waals surface area contributed by atoms with Gasteiger partial charge in [-0.25, -0.2) is 9.78 Å². The number of nitriles is 1. The van der Waals surface area contributed by atoms with Crippen LogP contribution in [-0.2, 0) is 26.9 Å². The van der Waals surface area contributed by atoms with E-state index in [-0.39, 0.29) is 29.9 Å². The molecule has 1 aliphatic carbocycles. The van der Waals surface area contributed by atoms with Crippen LogP contribution in [-0.4, -0.2) is 51.5 Å². The molecule has 1 aromatic heterocycles. The summed E-state index contributed by atoms with van der Waals surface area (Å²) in [5.74, 6) is 0.308. The van der Waals surface area contributed by atoms with Crippen molar-refractivity contribution in [2.75, 3.05) is 23.0 Å². The molecule has 0 bridgehead atoms. The lowest BCUT2D eigenvalue weighted by Gasteiger charge is -2.43. The van der Waals surface area contributed by atoms with Gasteiger partial charge in [0.15, 0.2) is 5.11 Å². The average Bonchev–Trinajstić information content (AvgIpc) is 3.19. The highest BCUT2D eigenvalue weighted by Crippen LogP contribution is 2.49. The van der Waals surface area contributed by atoms with Gasteiger partial charge in [0.1, 0.15) is 30.2 Å². The van der Waals surface area contributed by atoms with Crippen molar-refractivity contribution < 1.29 is 37.0 Å². The van der Waals surface area contributed by atoms with Crippen LogP contribution in [0.15, 0.2) is 36.4 Å². The van der Waals surface area contributed by atoms with Gasteiger partial charge in [-0.2, -0.15) is 23.4 Å². The molecule has 2 aromatic carbocycles. The number of aryl methyl sites for hydroxylation is 1. The molecule has 0 radical (unpaired) electrons. The molecule has 1 saturated carbocycles. The summed E-state index contributed by atoms with van der Waals surface area (Å²) < 4.78 is 57.5. The van der Waals surface area contributed by atoms with E-state index in [4.69, 9.17) is 26.4 Å². The average molecular weight is 642 g/mol. The van der Waals surface area contributed by atoms with Crippen molar-refractivity contribution >= 4 is 51.7 Å². The van der Waals surface area contributed by atoms with Crippen molar-refractivity contribution in [3.63, 3.8) is 0 Å². The quantitative estimate of drug-likeness (QED) is 0.161. The van der Waals surface area contributed by atoms with E-state index >= 15 is 0 Å². The highest BCUT2D eigenvalue weighted by molar-refractivity contribution is 7.81. The number of hydrogen-bond acceptors (Lipinski definition) is 9. The molecule has 3 aromatic rings. The van der Waals surface area contributed by atoms with E-state index in [0.29, 0.717) is 41.7 Å². The highest BCUT2D eigenvalue weighted by atomic mass is 32.1. The lowest BCUT2D eigenvalue weighted by Crippen LogP contribution is -2.55. The minimum atomic E-state index is -4.80. The van der Waals surface area contributed by atoms with Crippen LogP contribution in [0.25, 0.3) is 10.9 Å². The Labute approximate surface area is 262 Å². The van der Waals surface area contributed by atoms with Gasteiger partial charge in [0.25, 0.3) is 5.91 Å². The van der Waals surface area contributed by atoms with E-state index in [0.717, 1.165) is 23.5 Å². The molecule has 236 valence electrons. The number of carbonyl (C=O) groups excluding carboxylic acids is 2. The predicted molar refractivity (Wildman–Crippen MR) is 162 cm³/mol. The van der Waals surface area contributed by atoms with Crippen molar-refractivity contribution in [1.29, 1.82) is 5.26 Å². The molecule has 45 heavy (non-hydrogen) atoms. The molecule has 1 saturated heterocycles. The Morgan fingerprint density at radius 2 is 1.80 bits per heavy atom. The van der Waals surface area contributed by atoms with E-state index in [1.807, 2.05) is 6.92 Å². The van der Waals surface area contributed by atoms with Crippen molar-refractivity contribution in [3.8, 4) is 11.9 Å². The first-order valence-corrected chi connectivity index (χ1v) is 14.7. The largest absolute Gasteiger partial charge is 0.508 e. The fourth-order valence-electron chi connectivity index (χ4n) is 5.30. The Morgan fingerprint density at radius 3 is 2.40 bits per heavy atom. The van der Waals surface area contributed by atoms with E-state index < -0.39 is 40.5 Å². The Kier molecular flexibility index (Phi) is 8.35. The maximum absolute atomic E-state index is 13.9. The lowest BCUT2D eigenvalue weighted by atomic mass is 9.75. The fourth-order valence-corrected chi connectivity index (χ4v) is 5.76. The number of fused-ring (bicyclic) bond motifs is 1. The molecular weight excluding hydrogens is 611 g/mol. The van der Waals surface area contributed by atoms with Gasteiger partial charge >= 0.3 is 12.3 Å². The van der Waals surface area contributed by atoms with Crippen molar-refractivity contribution in [3.05, 3.63) is 53.3 Å². The minimum Gasteiger partial charge on any atom is -0.474 e. The Balaban J connectivity index is 1.48. The number of anilines is 2. The normalized spacial score (nSPS) is 16.1. The van der Waals surface area contributed by atoms with Gasteiger partial charge in [-0.3, -0.25) is 9.69 Å². The number of ether oxygens (including phenoxy) is 3. The van der Waals surface area contributed by atoms with E-state index in [9.17, 15) is 28.0 Å². The number of benzene rings is 2. The lowest BCUT2D eigenvalue weighted by molar-refractivity contribution is -0.137. The Morgan fingerprint density at radius 1 is 1.09 bits per heavy atom. The molecule has 2 fully saturated rings. The number of rotatable bonds is 7. The van der Waals surface area contributed by atoms with Crippen molar-refractivity contribution in [2.45, 2.75) is 70.7 Å². The molecule has 0 N–H and O–H groups in total. The zero-order valence-corrected chi connectivity index (χ0v) is 25.8. The standard InChI is InChI=1S/C31H30F3N5O5S/c1-5-24-36-23-10-9-20(15-21(23)25(37-24)42-13-14-43-28(41)44-29(2,3)4)39-27(45)38(26(40)30(39)11-6-12-30)19-8-7-18(17-35)22(16-19)31(32,33)34/h7-10,15-16H,5-6,11-14H2,1-4H3. The van der Waals surface area contributed by atoms with Gasteiger partial charge in [0.05, 0.1) is 33.8 Å². The number of amides is 1. The van der Waals surface area contributed by atoms with Crippen LogP contribution in [0, 0.1) is 11.3 Å². The van der Waals surface area contributed by atoms with Gasteiger partial charge in [-0.05, 0) is 88.6 Å². The summed E-state index contributed by atoms with van der Waals surface area (Å²) in [6.07, 6.45) is -3.50. The van der Waals surface area contributed by atoms with Crippen molar-refractivity contribution in [2.24, 2.45) is 0 Å². The summed E-state index contributed by atoms with van der Waals surface area (Å²) in [5.41, 5.74) is -2.49. The molecule has 10 nitrogen and oxygen atoms in total. The topological polar surface area (TPSA) is 118 Å². The summed E-state index contributed by atoms with van der Waals surface area (Å²) in [5, 5.41) is 9.74. The molecule has 0 atom stereocenters. The molecular formula is C31H30F3N5O5S. The smallest absolute Gasteiger partial charge is 0.474 e. The zero-order chi connectivity index (χ0) is 32.7. The number of hydrogen-bond donors (Lipinski definition) is 0. The molecule has 1 spiro atoms. The summed E-state index contributed by atoms with van der Waals surface area (Å²) in [6, 6.07) is 9.88. The SMILES string of the molecule is CCc1nc(OCCOC(=O)OC(C)(C)C)c2cc(N3C(=S)N(c4ccc(C#N)c(C(F)(F)F)c4)C(=O)C34CCC4)ccc2n1. The first-order chi connectivity index (χ1) is 21.2. The van der Waals surface area contributed by atoms with Crippen LogP contribution in [0.4, 0.5) is 29.3 Å². The first kappa shape index (κ1) is 31.9. The second kappa shape index (κ2) is 11.8. The predicted octanol–water partition coefficient (Wildman–Crippen LogP) is 6.47. The highest BCUT2D eigenvalue weighted by Gasteiger charge is 2.59. The van der Waals surface area contributed by atoms with Crippen LogP contribution < -0.4 is 14.5 Å². The third-order valence-electron chi connectivity index (χ3n) is 7.48. The van der Waals surface area contributed by atoms with E-state index in [2.05, 4.69) is 9.97 Å². The van der Waals surface area contributed by atoms with Gasteiger partial charge < -0.3 is 19.1 Å². The van der Waals surface area contributed by atoms with Gasteiger partial charge in [-0.1, -0.05) is 6.92 Å². The fraction of sp³-hybridized carbons (Fsp3) is 0.419. The minimum absolute atomic E-state index is 0.0104. The van der Waals surface area contributed by atoms with E-state index in [1.54, 1.807) is 49.9 Å². The maximum atomic E-state index is 13.9. The number of halogens is 3. The third kappa shape index (κ3) is 6.09. The van der Waals surface area contributed by atoms with Crippen molar-refractivity contribution in [1.82, 2.24) is 9.97 Å². The Bertz CT molecular complexity index is 1730. The molecule has 14 heteroatoms. The van der Waals surface area contributed by atoms with E-state index in [1.165, 1.54) is 6.07 Å². The summed E-state index contributed by atoms with van der Waals surface area (Å²) in [4.78, 5) is 37.7. The monoisotopic (exact) mass is 641 g/mol. The second-order valence-electron chi connectivity index (χ2n) is 11.6. The molecule has 5 rings (SSSR count). The van der Waals surface area contributed by atoms with Crippen LogP contribution >= 0.6 is 12.2 Å². The number of alkyl halides is 3. The van der Waals surface area contributed by atoms with Gasteiger partial charge in [0.2, 0.25) is 5.88 Å². The summed E-state index contributed by atoms with van der Waals surface area (Å²) in [7, 11) is 0. The second-order valence-corrected chi connectivity index (χ2v) is 12.0. The van der Waals surface area contributed by atoms with Crippen LogP contribution in [0.3, 0.4) is 0 Å². The Hall–Kier alpha value is -4.51. The van der Waals surface area contributed by atoms with Crippen LogP contribution in [0.1, 0.15) is 63.9 Å². The number of nitrogens with zero attached hydrogens (tertiary/aromatic N) is 5. The molecule has 1 aliphatic heterocycles. The van der Waals surface area contributed by atoms with Gasteiger partial charge in [-0.15, -0.1) is 0 Å². The van der Waals surface area contributed by atoms with Crippen LogP contribution in [0.2, 0.25) is 0 Å². The maximum Gasteiger partial charge on any atom is 0.508 e. The number of carbonyl (C=O) groups is 2.